The molecule has 0 aromatic heterocycles. The van der Waals surface area contributed by atoms with Crippen molar-refractivity contribution in [3.63, 3.8) is 0 Å². The first kappa shape index (κ1) is 19.2. The van der Waals surface area contributed by atoms with Crippen molar-refractivity contribution < 1.29 is 34.9 Å². The lowest BCUT2D eigenvalue weighted by Crippen LogP contribution is -2.32. The molecule has 0 spiro atoms. The second-order valence-corrected chi connectivity index (χ2v) is 7.36. The third-order valence-corrected chi connectivity index (χ3v) is 5.07. The van der Waals surface area contributed by atoms with Crippen LogP contribution in [0.4, 0.5) is 13.2 Å². The molecule has 0 saturated carbocycles. The van der Waals surface area contributed by atoms with Gasteiger partial charge >= 0.3 is 6.18 Å². The maximum atomic E-state index is 13.8. The van der Waals surface area contributed by atoms with Gasteiger partial charge in [0.05, 0.1) is 11.1 Å². The number of hydrogen-bond donors (Lipinski definition) is 2. The summed E-state index contributed by atoms with van der Waals surface area (Å²) < 4.78 is 97.5. The number of fused-ring (bicyclic) bond motifs is 2. The molecule has 7 nitrogen and oxygen atoms in total. The van der Waals surface area contributed by atoms with Crippen molar-refractivity contribution in [2.45, 2.75) is 6.18 Å². The second kappa shape index (κ2) is 6.24. The van der Waals surface area contributed by atoms with Crippen LogP contribution in [-0.4, -0.2) is 33.6 Å². The van der Waals surface area contributed by atoms with Gasteiger partial charge in [-0.05, 0) is 16.5 Å². The summed E-state index contributed by atoms with van der Waals surface area (Å²) in [7, 11) is -5.57. The zero-order chi connectivity index (χ0) is 20.1. The Labute approximate surface area is 152 Å². The van der Waals surface area contributed by atoms with Crippen LogP contribution in [0.1, 0.15) is 0 Å². The molecule has 3 rings (SSSR count). The van der Waals surface area contributed by atoms with Gasteiger partial charge in [-0.3, -0.25) is 9.11 Å². The summed E-state index contributed by atoms with van der Waals surface area (Å²) in [6.07, 6.45) is -4.07. The minimum absolute atomic E-state index is 0.00195. The van der Waals surface area contributed by atoms with E-state index in [4.69, 9.17) is 4.55 Å². The number of benzene rings is 1. The molecule has 0 aliphatic heterocycles. The fourth-order valence-corrected chi connectivity index (χ4v) is 4.23. The zero-order valence-electron chi connectivity index (χ0n) is 12.9. The van der Waals surface area contributed by atoms with Crippen LogP contribution in [-0.2, 0) is 21.4 Å². The van der Waals surface area contributed by atoms with Gasteiger partial charge < -0.3 is 0 Å². The molecule has 1 aromatic rings. The van der Waals surface area contributed by atoms with E-state index in [1.807, 2.05) is 0 Å². The van der Waals surface area contributed by atoms with Crippen LogP contribution in [0.15, 0.2) is 50.3 Å². The lowest BCUT2D eigenvalue weighted by molar-refractivity contribution is -0.0873. The first-order valence-corrected chi connectivity index (χ1v) is 9.42. The van der Waals surface area contributed by atoms with Crippen molar-refractivity contribution in [3.8, 4) is 6.07 Å². The normalized spacial score (nSPS) is 19.6. The first-order chi connectivity index (χ1) is 12.5. The molecule has 0 amide bonds. The summed E-state index contributed by atoms with van der Waals surface area (Å²) in [6.45, 7) is 0. The van der Waals surface area contributed by atoms with Gasteiger partial charge in [0.25, 0.3) is 21.4 Å². The molecule has 0 heterocycles. The smallest absolute Gasteiger partial charge is 0.288 e. The predicted molar refractivity (Wildman–Crippen MR) is 89.0 cm³/mol. The summed E-state index contributed by atoms with van der Waals surface area (Å²) in [5.74, 6) is 0. The van der Waals surface area contributed by atoms with Gasteiger partial charge in [-0.25, -0.2) is 4.21 Å². The van der Waals surface area contributed by atoms with E-state index in [9.17, 15) is 35.6 Å². The fraction of sp³-hybridized carbons (Fsp3) is 0.0667. The van der Waals surface area contributed by atoms with Gasteiger partial charge in [0.15, 0.2) is 0 Å². The number of allylic oxidation sites excluding steroid dienone is 4. The highest BCUT2D eigenvalue weighted by atomic mass is 32.2. The van der Waals surface area contributed by atoms with Crippen LogP contribution < -0.4 is 10.4 Å². The number of rotatable bonds is 2. The molecule has 1 aromatic carbocycles. The Morgan fingerprint density at radius 3 is 2.37 bits per heavy atom. The van der Waals surface area contributed by atoms with Gasteiger partial charge in [-0.2, -0.15) is 31.2 Å². The maximum Gasteiger partial charge on any atom is 0.418 e. The van der Waals surface area contributed by atoms with Crippen molar-refractivity contribution in [2.24, 2.45) is 4.40 Å². The van der Waals surface area contributed by atoms with Crippen molar-refractivity contribution >= 4 is 38.7 Å². The lowest BCUT2D eigenvalue weighted by Gasteiger charge is -2.24. The molecule has 2 aliphatic carbocycles. The Hall–Kier alpha value is -2.59. The largest absolute Gasteiger partial charge is 0.418 e. The Morgan fingerprint density at radius 1 is 1.22 bits per heavy atom. The molecule has 2 aliphatic rings. The molecule has 27 heavy (non-hydrogen) atoms. The number of alkyl halides is 3. The predicted octanol–water partition coefficient (Wildman–Crippen LogP) is 0.747. The molecule has 0 radical (unpaired) electrons. The van der Waals surface area contributed by atoms with E-state index < -0.39 is 54.9 Å². The SMILES string of the molecule is N#CC1=C2C=c3ccccc3=C2C(C(F)(F)F)=C(S(=O)(=O)O)C1=NS(=O)O. The molecule has 1 atom stereocenters. The second-order valence-electron chi connectivity index (χ2n) is 5.35. The summed E-state index contributed by atoms with van der Waals surface area (Å²) >= 11 is -3.14. The molecular weight excluding hydrogens is 409 g/mol. The van der Waals surface area contributed by atoms with Crippen molar-refractivity contribution in [2.75, 3.05) is 0 Å². The summed E-state index contributed by atoms with van der Waals surface area (Å²) in [6, 6.07) is 7.20. The molecule has 1 unspecified atom stereocenters. The van der Waals surface area contributed by atoms with Crippen LogP contribution in [0.2, 0.25) is 0 Å². The highest BCUT2D eigenvalue weighted by Gasteiger charge is 2.49. The van der Waals surface area contributed by atoms with E-state index in [1.165, 1.54) is 36.4 Å². The Morgan fingerprint density at radius 2 is 1.85 bits per heavy atom. The molecule has 0 saturated heterocycles. The molecule has 2 N–H and O–H groups in total. The van der Waals surface area contributed by atoms with Crippen LogP contribution in [0.5, 0.6) is 0 Å². The van der Waals surface area contributed by atoms with Gasteiger partial charge in [-0.15, -0.1) is 0 Å². The van der Waals surface area contributed by atoms with E-state index in [0.29, 0.717) is 0 Å². The highest BCUT2D eigenvalue weighted by Crippen LogP contribution is 2.45. The first-order valence-electron chi connectivity index (χ1n) is 6.92. The number of nitrogens with zero attached hydrogens (tertiary/aromatic N) is 2. The van der Waals surface area contributed by atoms with Crippen LogP contribution in [0.3, 0.4) is 0 Å². The van der Waals surface area contributed by atoms with E-state index in [0.717, 1.165) is 0 Å². The minimum atomic E-state index is -5.57. The molecule has 140 valence electrons. The van der Waals surface area contributed by atoms with Crippen molar-refractivity contribution in [3.05, 3.63) is 56.3 Å². The zero-order valence-corrected chi connectivity index (χ0v) is 14.5. The maximum absolute atomic E-state index is 13.8. The highest BCUT2D eigenvalue weighted by molar-refractivity contribution is 7.91. The minimum Gasteiger partial charge on any atom is -0.288 e. The molecule has 0 bridgehead atoms. The standard InChI is InChI=1S/C15H7F3N2O5S2/c16-15(17,18)12-11-8-4-2-1-3-7(8)5-9(11)10(6-19)13(20-26(21)22)14(12)27(23,24)25/h1-5H,(H,21,22)(H,23,24,25). The van der Waals surface area contributed by atoms with Gasteiger partial charge in [0.1, 0.15) is 16.7 Å². The number of halogens is 3. The van der Waals surface area contributed by atoms with Crippen LogP contribution in [0.25, 0.3) is 11.6 Å². The van der Waals surface area contributed by atoms with Crippen molar-refractivity contribution in [1.29, 1.82) is 5.26 Å². The average Bonchev–Trinajstić information content (AvgIpc) is 2.89. The molecule has 12 heteroatoms. The lowest BCUT2D eigenvalue weighted by atomic mass is 9.86. The monoisotopic (exact) mass is 416 g/mol. The Balaban J connectivity index is 2.68. The van der Waals surface area contributed by atoms with Crippen molar-refractivity contribution in [1.82, 2.24) is 0 Å². The third-order valence-electron chi connectivity index (χ3n) is 3.82. The number of hydrogen-bond acceptors (Lipinski definition) is 4. The van der Waals surface area contributed by atoms with Crippen LogP contribution in [0, 0.1) is 11.3 Å². The topological polar surface area (TPSA) is 128 Å². The summed E-state index contributed by atoms with van der Waals surface area (Å²) in [5.41, 5.74) is -4.59. The fourth-order valence-electron chi connectivity index (χ4n) is 2.96. The van der Waals surface area contributed by atoms with Gasteiger partial charge in [-0.1, -0.05) is 24.3 Å². The molecule has 0 fully saturated rings. The van der Waals surface area contributed by atoms with Crippen LogP contribution >= 0.6 is 0 Å². The number of nitriles is 1. The van der Waals surface area contributed by atoms with E-state index >= 15 is 0 Å². The van der Waals surface area contributed by atoms with E-state index in [1.54, 1.807) is 0 Å². The quantitative estimate of drug-likeness (QED) is 0.541. The van der Waals surface area contributed by atoms with Gasteiger partial charge in [0.2, 0.25) is 0 Å². The summed E-state index contributed by atoms with van der Waals surface area (Å²) in [5, 5.41) is 9.66. The average molecular weight is 416 g/mol. The summed E-state index contributed by atoms with van der Waals surface area (Å²) in [4.78, 5) is -1.74. The van der Waals surface area contributed by atoms with E-state index in [2.05, 4.69) is 4.40 Å². The molecular formula is C15H7F3N2O5S2. The Bertz CT molecular complexity index is 1270. The van der Waals surface area contributed by atoms with Gasteiger partial charge in [0, 0.05) is 11.1 Å². The van der Waals surface area contributed by atoms with E-state index in [-0.39, 0.29) is 16.0 Å². The Kier molecular flexibility index (Phi) is 4.43. The third kappa shape index (κ3) is 3.15.